The summed E-state index contributed by atoms with van der Waals surface area (Å²) in [5.41, 5.74) is 2.62. The number of hydrogen-bond acceptors (Lipinski definition) is 3. The van der Waals surface area contributed by atoms with Crippen molar-refractivity contribution in [2.24, 2.45) is 11.8 Å². The van der Waals surface area contributed by atoms with Gasteiger partial charge in [-0.2, -0.15) is 0 Å². The largest absolute Gasteiger partial charge is 0.331 e. The highest BCUT2D eigenvalue weighted by Crippen LogP contribution is 2.37. The minimum Gasteiger partial charge on any atom is -0.331 e. The van der Waals surface area contributed by atoms with E-state index in [0.29, 0.717) is 0 Å². The minimum atomic E-state index is -0.125. The third-order valence-corrected chi connectivity index (χ3v) is 6.84. The first-order chi connectivity index (χ1) is 14.0. The zero-order valence-corrected chi connectivity index (χ0v) is 17.4. The highest BCUT2D eigenvalue weighted by Gasteiger charge is 2.47. The smallest absolute Gasteiger partial charge is 0.233 e. The lowest BCUT2D eigenvalue weighted by molar-refractivity contribution is -0.917. The van der Waals surface area contributed by atoms with Crippen molar-refractivity contribution in [3.05, 3.63) is 35.4 Å². The van der Waals surface area contributed by atoms with E-state index in [2.05, 4.69) is 31.2 Å². The summed E-state index contributed by atoms with van der Waals surface area (Å²) < 4.78 is 0. The maximum Gasteiger partial charge on any atom is 0.233 e. The second-order valence-corrected chi connectivity index (χ2v) is 8.87. The van der Waals surface area contributed by atoms with Crippen LogP contribution in [0.5, 0.6) is 0 Å². The average Bonchev–Trinajstić information content (AvgIpc) is 2.97. The molecule has 0 spiro atoms. The van der Waals surface area contributed by atoms with Crippen molar-refractivity contribution in [1.82, 2.24) is 9.80 Å². The SMILES string of the molecule is Cc1cccc(C[NH+]2CCN(C(=O)CCN3C(=O)[C@H]4CCCC[C@@H]4C3=O)CC2)c1. The normalized spacial score (nSPS) is 25.4. The van der Waals surface area contributed by atoms with Crippen LogP contribution in [0.1, 0.15) is 43.2 Å². The predicted octanol–water partition coefficient (Wildman–Crippen LogP) is 0.787. The Morgan fingerprint density at radius 3 is 2.34 bits per heavy atom. The molecule has 2 heterocycles. The summed E-state index contributed by atoms with van der Waals surface area (Å²) in [6.45, 7) is 6.71. The molecule has 3 fully saturated rings. The average molecular weight is 399 g/mol. The summed E-state index contributed by atoms with van der Waals surface area (Å²) in [6, 6.07) is 8.60. The van der Waals surface area contributed by atoms with Crippen molar-refractivity contribution in [2.45, 2.75) is 45.6 Å². The van der Waals surface area contributed by atoms with Crippen LogP contribution in [0.15, 0.2) is 24.3 Å². The Kier molecular flexibility index (Phi) is 5.99. The third kappa shape index (κ3) is 4.37. The minimum absolute atomic E-state index is 0.0417. The highest BCUT2D eigenvalue weighted by molar-refractivity contribution is 6.05. The molecular weight excluding hydrogens is 366 g/mol. The predicted molar refractivity (Wildman–Crippen MR) is 109 cm³/mol. The molecule has 3 aliphatic rings. The van der Waals surface area contributed by atoms with Gasteiger partial charge in [-0.15, -0.1) is 0 Å². The first-order valence-corrected chi connectivity index (χ1v) is 11.0. The number of carbonyl (C=O) groups excluding carboxylic acids is 3. The van der Waals surface area contributed by atoms with Gasteiger partial charge in [-0.1, -0.05) is 42.7 Å². The molecule has 2 atom stereocenters. The lowest BCUT2D eigenvalue weighted by Crippen LogP contribution is -3.13. The molecule has 6 heteroatoms. The van der Waals surface area contributed by atoms with Crippen LogP contribution in [0, 0.1) is 18.8 Å². The number of quaternary nitrogens is 1. The molecule has 3 amide bonds. The second kappa shape index (κ2) is 8.66. The van der Waals surface area contributed by atoms with E-state index < -0.39 is 0 Å². The van der Waals surface area contributed by atoms with E-state index >= 15 is 0 Å². The first kappa shape index (κ1) is 20.1. The topological polar surface area (TPSA) is 62.1 Å². The number of carbonyl (C=O) groups is 3. The van der Waals surface area contributed by atoms with Gasteiger partial charge >= 0.3 is 0 Å². The number of hydrogen-bond donors (Lipinski definition) is 1. The van der Waals surface area contributed by atoms with Gasteiger partial charge in [0.05, 0.1) is 38.0 Å². The summed E-state index contributed by atoms with van der Waals surface area (Å²) in [5.74, 6) is -0.268. The molecule has 1 aromatic carbocycles. The van der Waals surface area contributed by atoms with E-state index in [0.717, 1.165) is 58.4 Å². The number of likely N-dealkylation sites (tertiary alicyclic amines) is 1. The Hall–Kier alpha value is -2.21. The van der Waals surface area contributed by atoms with Crippen LogP contribution in [0.25, 0.3) is 0 Å². The second-order valence-electron chi connectivity index (χ2n) is 8.87. The van der Waals surface area contributed by atoms with E-state index in [-0.39, 0.29) is 42.5 Å². The number of fused-ring (bicyclic) bond motifs is 1. The van der Waals surface area contributed by atoms with Crippen LogP contribution in [0.2, 0.25) is 0 Å². The van der Waals surface area contributed by atoms with Crippen LogP contribution in [0.4, 0.5) is 0 Å². The van der Waals surface area contributed by atoms with Crippen LogP contribution >= 0.6 is 0 Å². The van der Waals surface area contributed by atoms with E-state index in [1.807, 2.05) is 4.90 Å². The number of aryl methyl sites for hydroxylation is 1. The van der Waals surface area contributed by atoms with Gasteiger partial charge in [0.1, 0.15) is 6.54 Å². The molecule has 6 nitrogen and oxygen atoms in total. The van der Waals surface area contributed by atoms with Crippen LogP contribution in [-0.4, -0.2) is 60.2 Å². The van der Waals surface area contributed by atoms with E-state index in [1.54, 1.807) is 0 Å². The van der Waals surface area contributed by atoms with Crippen molar-refractivity contribution in [2.75, 3.05) is 32.7 Å². The molecule has 1 aliphatic carbocycles. The van der Waals surface area contributed by atoms with Crippen molar-refractivity contribution in [1.29, 1.82) is 0 Å². The van der Waals surface area contributed by atoms with Crippen LogP contribution in [-0.2, 0) is 20.9 Å². The molecule has 2 aliphatic heterocycles. The summed E-state index contributed by atoms with van der Waals surface area (Å²) in [5, 5.41) is 0. The molecular formula is C23H32N3O3+. The van der Waals surface area contributed by atoms with Gasteiger partial charge in [0.15, 0.2) is 0 Å². The van der Waals surface area contributed by atoms with Gasteiger partial charge in [-0.05, 0) is 19.8 Å². The van der Waals surface area contributed by atoms with Crippen LogP contribution in [0.3, 0.4) is 0 Å². The Morgan fingerprint density at radius 1 is 1.07 bits per heavy atom. The number of nitrogens with zero attached hydrogens (tertiary/aromatic N) is 2. The van der Waals surface area contributed by atoms with Gasteiger partial charge in [-0.25, -0.2) is 0 Å². The summed E-state index contributed by atoms with van der Waals surface area (Å²) in [4.78, 5) is 42.5. The zero-order chi connectivity index (χ0) is 20.4. The maximum absolute atomic E-state index is 12.7. The fraction of sp³-hybridized carbons (Fsp3) is 0.609. The van der Waals surface area contributed by atoms with Gasteiger partial charge in [0.2, 0.25) is 17.7 Å². The van der Waals surface area contributed by atoms with Gasteiger partial charge in [-0.3, -0.25) is 19.3 Å². The number of rotatable bonds is 5. The van der Waals surface area contributed by atoms with E-state index in [9.17, 15) is 14.4 Å². The number of benzene rings is 1. The molecule has 0 bridgehead atoms. The van der Waals surface area contributed by atoms with E-state index in [1.165, 1.54) is 20.9 Å². The molecule has 0 aromatic heterocycles. The molecule has 1 aromatic rings. The first-order valence-electron chi connectivity index (χ1n) is 11.0. The van der Waals surface area contributed by atoms with Crippen molar-refractivity contribution in [3.63, 3.8) is 0 Å². The number of nitrogens with one attached hydrogen (secondary N) is 1. The van der Waals surface area contributed by atoms with Gasteiger partial charge in [0, 0.05) is 18.5 Å². The molecule has 0 unspecified atom stereocenters. The summed E-state index contributed by atoms with van der Waals surface area (Å²) >= 11 is 0. The van der Waals surface area contributed by atoms with Gasteiger partial charge in [0.25, 0.3) is 0 Å². The highest BCUT2D eigenvalue weighted by atomic mass is 16.2. The van der Waals surface area contributed by atoms with Crippen molar-refractivity contribution in [3.8, 4) is 0 Å². The molecule has 2 saturated heterocycles. The molecule has 156 valence electrons. The fourth-order valence-electron chi connectivity index (χ4n) is 5.18. The fourth-order valence-corrected chi connectivity index (χ4v) is 5.18. The third-order valence-electron chi connectivity index (χ3n) is 6.84. The Balaban J connectivity index is 1.24. The molecule has 0 radical (unpaired) electrons. The molecule has 1 N–H and O–H groups in total. The Bertz CT molecular complexity index is 761. The number of imide groups is 1. The monoisotopic (exact) mass is 398 g/mol. The Morgan fingerprint density at radius 2 is 1.72 bits per heavy atom. The van der Waals surface area contributed by atoms with Crippen LogP contribution < -0.4 is 4.90 Å². The number of piperazine rings is 1. The molecule has 4 rings (SSSR count). The van der Waals surface area contributed by atoms with Crippen molar-refractivity contribution >= 4 is 17.7 Å². The zero-order valence-electron chi connectivity index (χ0n) is 17.4. The summed E-state index contributed by atoms with van der Waals surface area (Å²) in [6.07, 6.45) is 3.96. The lowest BCUT2D eigenvalue weighted by Gasteiger charge is -2.32. The summed E-state index contributed by atoms with van der Waals surface area (Å²) in [7, 11) is 0. The van der Waals surface area contributed by atoms with E-state index in [4.69, 9.17) is 0 Å². The Labute approximate surface area is 172 Å². The maximum atomic E-state index is 12.7. The molecule has 29 heavy (non-hydrogen) atoms. The number of amides is 3. The quantitative estimate of drug-likeness (QED) is 0.746. The van der Waals surface area contributed by atoms with Crippen molar-refractivity contribution < 1.29 is 19.3 Å². The lowest BCUT2D eigenvalue weighted by atomic mass is 9.81. The van der Waals surface area contributed by atoms with Gasteiger partial charge < -0.3 is 9.80 Å². The molecule has 1 saturated carbocycles. The standard InChI is InChI=1S/C23H31N3O3/c1-17-5-4-6-18(15-17)16-24-11-13-25(14-12-24)21(27)9-10-26-22(28)19-7-2-3-8-20(19)23(26)29/h4-6,15,19-20H,2-3,7-14,16H2,1H3/p+1/t19-,20-/m0/s1.